The maximum absolute atomic E-state index is 8.70. The summed E-state index contributed by atoms with van der Waals surface area (Å²) >= 11 is 5.41. The number of rotatable bonds is 2. The summed E-state index contributed by atoms with van der Waals surface area (Å²) in [6.45, 7) is 1.96. The van der Waals surface area contributed by atoms with E-state index < -0.39 is 0 Å². The molecule has 0 unspecified atom stereocenters. The van der Waals surface area contributed by atoms with E-state index in [-0.39, 0.29) is 0 Å². The molecule has 1 aromatic carbocycles. The Morgan fingerprint density at radius 2 is 2.36 bits per heavy atom. The first-order chi connectivity index (χ1) is 6.76. The van der Waals surface area contributed by atoms with E-state index in [4.69, 9.17) is 16.9 Å². The minimum absolute atomic E-state index is 0.685. The van der Waals surface area contributed by atoms with Crippen molar-refractivity contribution >= 4 is 11.6 Å². The predicted octanol–water partition coefficient (Wildman–Crippen LogP) is 3.40. The minimum Gasteiger partial charge on any atom is -0.192 e. The molecule has 0 heterocycles. The van der Waals surface area contributed by atoms with Crippen molar-refractivity contribution in [3.05, 3.63) is 52.2 Å². The predicted molar refractivity (Wildman–Crippen MR) is 58.0 cm³/mol. The number of hydrogen-bond acceptors (Lipinski definition) is 1. The molecule has 1 rings (SSSR count). The second kappa shape index (κ2) is 5.29. The van der Waals surface area contributed by atoms with Crippen molar-refractivity contribution in [2.75, 3.05) is 0 Å². The van der Waals surface area contributed by atoms with Crippen LogP contribution < -0.4 is 0 Å². The fourth-order valence-electron chi connectivity index (χ4n) is 1.20. The number of nitriles is 1. The molecule has 0 atom stereocenters. The van der Waals surface area contributed by atoms with E-state index in [1.165, 1.54) is 5.54 Å². The molecule has 0 aliphatic rings. The summed E-state index contributed by atoms with van der Waals surface area (Å²) in [5.41, 5.74) is 7.12. The van der Waals surface area contributed by atoms with Gasteiger partial charge in [-0.3, -0.25) is 0 Å². The van der Waals surface area contributed by atoms with Crippen LogP contribution in [0.25, 0.3) is 0 Å². The van der Waals surface area contributed by atoms with Gasteiger partial charge in [0.05, 0.1) is 11.6 Å². The highest BCUT2D eigenvalue weighted by atomic mass is 35.5. The van der Waals surface area contributed by atoms with E-state index >= 15 is 0 Å². The Kier molecular flexibility index (Phi) is 4.01. The fourth-order valence-corrected chi connectivity index (χ4v) is 1.39. The lowest BCUT2D eigenvalue weighted by Crippen LogP contribution is -1.86. The molecule has 70 valence electrons. The Morgan fingerprint density at radius 3 is 3.00 bits per heavy atom. The standard InChI is InChI=1S/C12H10ClN/c1-10(5-6-13)7-11-3-2-4-12(8-11)9-14/h2-4,6,8H,7H2,1H3. The molecule has 2 heteroatoms. The van der Waals surface area contributed by atoms with Crippen LogP contribution in [0.3, 0.4) is 0 Å². The number of allylic oxidation sites excluding steroid dienone is 1. The zero-order valence-electron chi connectivity index (χ0n) is 7.92. The van der Waals surface area contributed by atoms with Crippen LogP contribution in [0.15, 0.2) is 41.1 Å². The first-order valence-electron chi connectivity index (χ1n) is 4.26. The van der Waals surface area contributed by atoms with Gasteiger partial charge in [0.25, 0.3) is 0 Å². The summed E-state index contributed by atoms with van der Waals surface area (Å²) in [4.78, 5) is 0. The monoisotopic (exact) mass is 203 g/mol. The highest BCUT2D eigenvalue weighted by molar-refractivity contribution is 6.25. The molecule has 0 aliphatic heterocycles. The van der Waals surface area contributed by atoms with Gasteiger partial charge in [-0.05, 0) is 30.2 Å². The molecule has 0 saturated heterocycles. The molecule has 0 bridgehead atoms. The number of hydrogen-bond donors (Lipinski definition) is 0. The summed E-state index contributed by atoms with van der Waals surface area (Å²) in [7, 11) is 0. The summed E-state index contributed by atoms with van der Waals surface area (Å²) < 4.78 is 0. The summed E-state index contributed by atoms with van der Waals surface area (Å²) in [5.74, 6) is 0. The second-order valence-corrected chi connectivity index (χ2v) is 3.24. The third kappa shape index (κ3) is 3.11. The van der Waals surface area contributed by atoms with E-state index in [0.717, 1.165) is 17.6 Å². The maximum Gasteiger partial charge on any atom is 0.0991 e. The first kappa shape index (κ1) is 10.6. The van der Waals surface area contributed by atoms with Crippen LogP contribution in [0, 0.1) is 11.3 Å². The van der Waals surface area contributed by atoms with E-state index in [2.05, 4.69) is 11.8 Å². The molecule has 1 aromatic rings. The van der Waals surface area contributed by atoms with E-state index in [0.29, 0.717) is 5.56 Å². The van der Waals surface area contributed by atoms with Gasteiger partial charge in [0.15, 0.2) is 0 Å². The van der Waals surface area contributed by atoms with E-state index in [1.807, 2.05) is 25.1 Å². The molecule has 0 amide bonds. The van der Waals surface area contributed by atoms with Gasteiger partial charge in [0, 0.05) is 12.0 Å². The first-order valence-corrected chi connectivity index (χ1v) is 4.70. The fraction of sp³-hybridized carbons (Fsp3) is 0.167. The third-order valence-electron chi connectivity index (χ3n) is 1.83. The van der Waals surface area contributed by atoms with Crippen LogP contribution in [0.5, 0.6) is 0 Å². The van der Waals surface area contributed by atoms with Gasteiger partial charge in [-0.1, -0.05) is 23.7 Å². The van der Waals surface area contributed by atoms with Crippen molar-refractivity contribution in [2.45, 2.75) is 13.3 Å². The highest BCUT2D eigenvalue weighted by Crippen LogP contribution is 2.09. The minimum atomic E-state index is 0.685. The maximum atomic E-state index is 8.70. The Hall–Kier alpha value is -1.48. The summed E-state index contributed by atoms with van der Waals surface area (Å²) in [6, 6.07) is 9.64. The topological polar surface area (TPSA) is 23.8 Å². The molecule has 1 nitrogen and oxygen atoms in total. The highest BCUT2D eigenvalue weighted by Gasteiger charge is 1.95. The average Bonchev–Trinajstić information content (AvgIpc) is 2.18. The molecule has 14 heavy (non-hydrogen) atoms. The lowest BCUT2D eigenvalue weighted by Gasteiger charge is -1.99. The van der Waals surface area contributed by atoms with Gasteiger partial charge in [-0.25, -0.2) is 0 Å². The zero-order chi connectivity index (χ0) is 10.4. The Morgan fingerprint density at radius 1 is 1.57 bits per heavy atom. The molecule has 0 radical (unpaired) electrons. The van der Waals surface area contributed by atoms with Crippen molar-refractivity contribution in [2.24, 2.45) is 0 Å². The Bertz CT molecular complexity index is 420. The molecule has 0 fully saturated rings. The SMILES string of the molecule is CC(=C=CCl)Cc1cccc(C#N)c1. The Balaban J connectivity index is 2.88. The van der Waals surface area contributed by atoms with E-state index in [9.17, 15) is 0 Å². The Labute approximate surface area is 88.9 Å². The quantitative estimate of drug-likeness (QED) is 0.676. The number of halogens is 1. The van der Waals surface area contributed by atoms with Gasteiger partial charge in [-0.2, -0.15) is 5.26 Å². The zero-order valence-corrected chi connectivity index (χ0v) is 8.67. The second-order valence-electron chi connectivity index (χ2n) is 3.02. The van der Waals surface area contributed by atoms with Gasteiger partial charge in [-0.15, -0.1) is 5.73 Å². The lowest BCUT2D eigenvalue weighted by molar-refractivity contribution is 1.15. The van der Waals surface area contributed by atoms with Crippen molar-refractivity contribution < 1.29 is 0 Å². The molecular formula is C12H10ClN. The van der Waals surface area contributed by atoms with Crippen molar-refractivity contribution in [3.8, 4) is 6.07 Å². The number of nitrogens with zero attached hydrogens (tertiary/aromatic N) is 1. The smallest absolute Gasteiger partial charge is 0.0991 e. The van der Waals surface area contributed by atoms with Gasteiger partial charge in [0.1, 0.15) is 0 Å². The van der Waals surface area contributed by atoms with Gasteiger partial charge >= 0.3 is 0 Å². The third-order valence-corrected chi connectivity index (χ3v) is 1.94. The molecular weight excluding hydrogens is 194 g/mol. The lowest BCUT2D eigenvalue weighted by atomic mass is 10.1. The van der Waals surface area contributed by atoms with Gasteiger partial charge in [0.2, 0.25) is 0 Å². The average molecular weight is 204 g/mol. The van der Waals surface area contributed by atoms with Crippen molar-refractivity contribution in [3.63, 3.8) is 0 Å². The van der Waals surface area contributed by atoms with Crippen LogP contribution in [-0.4, -0.2) is 0 Å². The van der Waals surface area contributed by atoms with Crippen molar-refractivity contribution in [1.82, 2.24) is 0 Å². The molecule has 0 aliphatic carbocycles. The molecule has 0 saturated carbocycles. The molecule has 0 aromatic heterocycles. The van der Waals surface area contributed by atoms with Gasteiger partial charge < -0.3 is 0 Å². The van der Waals surface area contributed by atoms with Crippen LogP contribution in [-0.2, 0) is 6.42 Å². The molecule has 0 spiro atoms. The summed E-state index contributed by atoms with van der Waals surface area (Å²) in [6.07, 6.45) is 0.777. The van der Waals surface area contributed by atoms with Crippen LogP contribution in [0.2, 0.25) is 0 Å². The summed E-state index contributed by atoms with van der Waals surface area (Å²) in [5, 5.41) is 8.70. The van der Waals surface area contributed by atoms with E-state index in [1.54, 1.807) is 6.07 Å². The normalized spacial score (nSPS) is 8.64. The van der Waals surface area contributed by atoms with Crippen molar-refractivity contribution in [1.29, 1.82) is 5.26 Å². The van der Waals surface area contributed by atoms with Crippen LogP contribution in [0.4, 0.5) is 0 Å². The van der Waals surface area contributed by atoms with Crippen LogP contribution in [0.1, 0.15) is 18.1 Å². The number of benzene rings is 1. The van der Waals surface area contributed by atoms with Crippen LogP contribution >= 0.6 is 11.6 Å². The largest absolute Gasteiger partial charge is 0.192 e. The molecule has 0 N–H and O–H groups in total.